The molecule has 0 aliphatic carbocycles. The van der Waals surface area contributed by atoms with Crippen molar-refractivity contribution < 1.29 is 9.90 Å². The second kappa shape index (κ2) is 4.42. The van der Waals surface area contributed by atoms with E-state index in [1.807, 2.05) is 44.2 Å². The predicted molar refractivity (Wildman–Crippen MR) is 70.0 cm³/mol. The topological polar surface area (TPSA) is 37.3 Å². The Labute approximate surface area is 100 Å². The lowest BCUT2D eigenvalue weighted by molar-refractivity contribution is -0.131. The minimum Gasteiger partial charge on any atom is -0.478 e. The minimum atomic E-state index is -0.908. The molecule has 0 saturated carbocycles. The van der Waals surface area contributed by atoms with Gasteiger partial charge in [0.05, 0.1) is 0 Å². The van der Waals surface area contributed by atoms with Crippen LogP contribution >= 0.6 is 0 Å². The first-order valence-corrected chi connectivity index (χ1v) is 5.49. The van der Waals surface area contributed by atoms with Crippen molar-refractivity contribution in [2.24, 2.45) is 0 Å². The highest BCUT2D eigenvalue weighted by Gasteiger charge is 2.07. The zero-order valence-electron chi connectivity index (χ0n) is 9.90. The van der Waals surface area contributed by atoms with Crippen LogP contribution < -0.4 is 0 Å². The molecule has 0 fully saturated rings. The van der Waals surface area contributed by atoms with E-state index < -0.39 is 5.97 Å². The van der Waals surface area contributed by atoms with Crippen LogP contribution in [0, 0.1) is 6.92 Å². The molecule has 0 saturated heterocycles. The van der Waals surface area contributed by atoms with Crippen molar-refractivity contribution in [2.75, 3.05) is 0 Å². The van der Waals surface area contributed by atoms with Gasteiger partial charge in [0.25, 0.3) is 0 Å². The molecule has 0 spiro atoms. The fourth-order valence-corrected chi connectivity index (χ4v) is 2.16. The summed E-state index contributed by atoms with van der Waals surface area (Å²) in [5.74, 6) is -0.908. The van der Waals surface area contributed by atoms with E-state index in [1.54, 1.807) is 0 Å². The number of aliphatic carboxylic acids is 1. The third-order valence-electron chi connectivity index (χ3n) is 2.87. The van der Waals surface area contributed by atoms with Gasteiger partial charge in [0, 0.05) is 6.08 Å². The molecule has 1 N–H and O–H groups in total. The maximum absolute atomic E-state index is 10.8. The molecule has 0 unspecified atom stereocenters. The third kappa shape index (κ3) is 2.21. The van der Waals surface area contributed by atoms with Crippen LogP contribution in [0.2, 0.25) is 0 Å². The molecule has 0 bridgehead atoms. The van der Waals surface area contributed by atoms with Gasteiger partial charge in [-0.05, 0) is 41.3 Å². The summed E-state index contributed by atoms with van der Waals surface area (Å²) in [6, 6.07) is 12.1. The van der Waals surface area contributed by atoms with E-state index in [0.29, 0.717) is 0 Å². The van der Waals surface area contributed by atoms with Gasteiger partial charge in [-0.3, -0.25) is 0 Å². The van der Waals surface area contributed by atoms with Gasteiger partial charge >= 0.3 is 5.97 Å². The van der Waals surface area contributed by atoms with E-state index in [4.69, 9.17) is 5.11 Å². The highest BCUT2D eigenvalue weighted by Crippen LogP contribution is 2.28. The van der Waals surface area contributed by atoms with E-state index in [2.05, 4.69) is 6.07 Å². The van der Waals surface area contributed by atoms with Crippen molar-refractivity contribution in [1.29, 1.82) is 0 Å². The number of carboxylic acids is 1. The zero-order chi connectivity index (χ0) is 12.4. The molecule has 0 aliphatic heterocycles. The number of benzene rings is 2. The predicted octanol–water partition coefficient (Wildman–Crippen LogP) is 3.64. The second-order valence-electron chi connectivity index (χ2n) is 4.14. The summed E-state index contributed by atoms with van der Waals surface area (Å²) in [4.78, 5) is 10.8. The van der Waals surface area contributed by atoms with Crippen LogP contribution in [0.1, 0.15) is 18.1 Å². The lowest BCUT2D eigenvalue weighted by Gasteiger charge is -2.10. The van der Waals surface area contributed by atoms with E-state index in [9.17, 15) is 4.79 Å². The molecule has 2 aromatic rings. The average Bonchev–Trinajstić information content (AvgIpc) is 2.27. The maximum Gasteiger partial charge on any atom is 0.328 e. The first-order valence-electron chi connectivity index (χ1n) is 5.49. The fourth-order valence-electron chi connectivity index (χ4n) is 2.16. The molecule has 0 radical (unpaired) electrons. The Hall–Kier alpha value is -2.09. The SMILES string of the molecule is CC(=CC(=O)O)c1c(C)ccc2ccccc12. The van der Waals surface area contributed by atoms with Crippen LogP contribution in [0.25, 0.3) is 16.3 Å². The van der Waals surface area contributed by atoms with E-state index in [0.717, 1.165) is 27.5 Å². The molecule has 2 heteroatoms. The minimum absolute atomic E-state index is 0.784. The lowest BCUT2D eigenvalue weighted by Crippen LogP contribution is -1.93. The Morgan fingerprint density at radius 3 is 2.59 bits per heavy atom. The average molecular weight is 226 g/mol. The van der Waals surface area contributed by atoms with Gasteiger partial charge in [0.2, 0.25) is 0 Å². The van der Waals surface area contributed by atoms with Crippen molar-refractivity contribution in [3.8, 4) is 0 Å². The van der Waals surface area contributed by atoms with E-state index in [1.165, 1.54) is 6.08 Å². The highest BCUT2D eigenvalue weighted by molar-refractivity contribution is 5.99. The Bertz CT molecular complexity index is 609. The van der Waals surface area contributed by atoms with Crippen LogP contribution in [-0.2, 0) is 4.79 Å². The Balaban J connectivity index is 2.75. The summed E-state index contributed by atoms with van der Waals surface area (Å²) in [5.41, 5.74) is 2.90. The molecule has 0 heterocycles. The third-order valence-corrected chi connectivity index (χ3v) is 2.87. The van der Waals surface area contributed by atoms with E-state index >= 15 is 0 Å². The molecular weight excluding hydrogens is 212 g/mol. The number of rotatable bonds is 2. The molecular formula is C15H14O2. The molecule has 0 aromatic heterocycles. The summed E-state index contributed by atoms with van der Waals surface area (Å²) < 4.78 is 0. The second-order valence-corrected chi connectivity index (χ2v) is 4.14. The van der Waals surface area contributed by atoms with Crippen molar-refractivity contribution in [2.45, 2.75) is 13.8 Å². The Morgan fingerprint density at radius 1 is 1.18 bits per heavy atom. The van der Waals surface area contributed by atoms with Crippen LogP contribution in [0.5, 0.6) is 0 Å². The molecule has 2 aromatic carbocycles. The molecule has 86 valence electrons. The van der Waals surface area contributed by atoms with Gasteiger partial charge in [-0.15, -0.1) is 0 Å². The van der Waals surface area contributed by atoms with Crippen molar-refractivity contribution in [1.82, 2.24) is 0 Å². The first kappa shape index (κ1) is 11.4. The summed E-state index contributed by atoms with van der Waals surface area (Å²) in [6.07, 6.45) is 1.26. The maximum atomic E-state index is 10.8. The summed E-state index contributed by atoms with van der Waals surface area (Å²) in [5, 5.41) is 11.1. The number of allylic oxidation sites excluding steroid dienone is 1. The Kier molecular flexibility index (Phi) is 2.96. The van der Waals surface area contributed by atoms with Crippen molar-refractivity contribution in [3.05, 3.63) is 53.6 Å². The highest BCUT2D eigenvalue weighted by atomic mass is 16.4. The normalized spacial score (nSPS) is 11.8. The van der Waals surface area contributed by atoms with Gasteiger partial charge in [-0.2, -0.15) is 0 Å². The molecule has 17 heavy (non-hydrogen) atoms. The van der Waals surface area contributed by atoms with Crippen molar-refractivity contribution >= 4 is 22.3 Å². The summed E-state index contributed by atoms with van der Waals surface area (Å²) in [7, 11) is 0. The number of hydrogen-bond acceptors (Lipinski definition) is 1. The number of carboxylic acid groups (broad SMARTS) is 1. The van der Waals surface area contributed by atoms with Crippen LogP contribution in [0.4, 0.5) is 0 Å². The van der Waals surface area contributed by atoms with Crippen molar-refractivity contribution in [3.63, 3.8) is 0 Å². The first-order chi connectivity index (χ1) is 8.09. The monoisotopic (exact) mass is 226 g/mol. The van der Waals surface area contributed by atoms with Gasteiger partial charge in [-0.25, -0.2) is 4.79 Å². The number of hydrogen-bond donors (Lipinski definition) is 1. The van der Waals surface area contributed by atoms with Gasteiger partial charge in [0.1, 0.15) is 0 Å². The quantitative estimate of drug-likeness (QED) is 0.794. The molecule has 0 atom stereocenters. The van der Waals surface area contributed by atoms with Crippen LogP contribution in [0.3, 0.4) is 0 Å². The molecule has 2 nitrogen and oxygen atoms in total. The Morgan fingerprint density at radius 2 is 1.88 bits per heavy atom. The number of fused-ring (bicyclic) bond motifs is 1. The van der Waals surface area contributed by atoms with Gasteiger partial charge < -0.3 is 5.11 Å². The fraction of sp³-hybridized carbons (Fsp3) is 0.133. The smallest absolute Gasteiger partial charge is 0.328 e. The van der Waals surface area contributed by atoms with Gasteiger partial charge in [-0.1, -0.05) is 36.4 Å². The zero-order valence-corrected chi connectivity index (χ0v) is 9.90. The number of aryl methyl sites for hydroxylation is 1. The van der Waals surface area contributed by atoms with E-state index in [-0.39, 0.29) is 0 Å². The summed E-state index contributed by atoms with van der Waals surface area (Å²) >= 11 is 0. The van der Waals surface area contributed by atoms with Crippen LogP contribution in [-0.4, -0.2) is 11.1 Å². The standard InChI is InChI=1S/C15H14O2/c1-10-7-8-12-5-3-4-6-13(12)15(10)11(2)9-14(16)17/h3-9H,1-2H3,(H,16,17). The van der Waals surface area contributed by atoms with Gasteiger partial charge in [0.15, 0.2) is 0 Å². The number of carbonyl (C=O) groups is 1. The molecule has 0 aliphatic rings. The molecule has 2 rings (SSSR count). The molecule has 0 amide bonds. The van der Waals surface area contributed by atoms with Crippen LogP contribution in [0.15, 0.2) is 42.5 Å². The lowest BCUT2D eigenvalue weighted by atomic mass is 9.94. The largest absolute Gasteiger partial charge is 0.478 e. The summed E-state index contributed by atoms with van der Waals surface area (Å²) in [6.45, 7) is 3.84.